The zero-order valence-corrected chi connectivity index (χ0v) is 19.1. The fourth-order valence-corrected chi connectivity index (χ4v) is 2.54. The number of carbonyl (C=O) groups is 1. The van der Waals surface area contributed by atoms with Crippen LogP contribution in [0.15, 0.2) is 59.6 Å². The molecular weight excluding hydrogens is 505 g/mol. The van der Waals surface area contributed by atoms with Gasteiger partial charge in [0.2, 0.25) is 0 Å². The molecule has 0 unspecified atom stereocenters. The number of guanidine groups is 1. The Hall–Kier alpha value is -2.43. The average molecular weight is 532 g/mol. The minimum Gasteiger partial charge on any atom is -0.434 e. The molecule has 9 heteroatoms. The fraction of sp³-hybridized carbons (Fsp3) is 0.333. The Kier molecular flexibility index (Phi) is 12.4. The Balaban J connectivity index is 0.00000450. The highest BCUT2D eigenvalue weighted by molar-refractivity contribution is 14.0. The van der Waals surface area contributed by atoms with Crippen LogP contribution in [0.5, 0.6) is 5.75 Å². The Labute approximate surface area is 192 Å². The lowest BCUT2D eigenvalue weighted by Crippen LogP contribution is -2.38. The molecule has 0 aliphatic carbocycles. The molecule has 6 nitrogen and oxygen atoms in total. The third-order valence-corrected chi connectivity index (χ3v) is 3.91. The predicted octanol–water partition coefficient (Wildman–Crippen LogP) is 3.78. The van der Waals surface area contributed by atoms with E-state index in [0.29, 0.717) is 43.1 Å². The second-order valence-electron chi connectivity index (χ2n) is 6.08. The maximum absolute atomic E-state index is 12.5. The number of hydrogen-bond acceptors (Lipinski definition) is 3. The molecular formula is C21H27F2IN4O2. The number of amides is 1. The molecule has 0 aromatic heterocycles. The van der Waals surface area contributed by atoms with Crippen LogP contribution in [0.4, 0.5) is 8.78 Å². The summed E-state index contributed by atoms with van der Waals surface area (Å²) in [5.74, 6) is 0.571. The number of benzene rings is 2. The summed E-state index contributed by atoms with van der Waals surface area (Å²) in [6.07, 6.45) is 0.702. The van der Waals surface area contributed by atoms with Crippen molar-refractivity contribution in [2.75, 3.05) is 19.6 Å². The lowest BCUT2D eigenvalue weighted by atomic mass is 10.2. The van der Waals surface area contributed by atoms with Crippen molar-refractivity contribution < 1.29 is 18.3 Å². The lowest BCUT2D eigenvalue weighted by molar-refractivity contribution is -0.0504. The topological polar surface area (TPSA) is 74.8 Å². The molecule has 2 aromatic carbocycles. The van der Waals surface area contributed by atoms with Gasteiger partial charge in [0.15, 0.2) is 5.96 Å². The van der Waals surface area contributed by atoms with E-state index in [0.717, 1.165) is 0 Å². The number of nitrogens with one attached hydrogen (secondary N) is 3. The van der Waals surface area contributed by atoms with E-state index in [1.807, 2.05) is 25.1 Å². The Bertz CT molecular complexity index is 792. The van der Waals surface area contributed by atoms with E-state index in [4.69, 9.17) is 0 Å². The molecule has 0 saturated carbocycles. The SMILES string of the molecule is CCNC(=NCc1ccccc1OC(F)F)NCCCNC(=O)c1ccccc1.I. The van der Waals surface area contributed by atoms with Crippen molar-refractivity contribution >= 4 is 35.8 Å². The number of hydrogen-bond donors (Lipinski definition) is 3. The van der Waals surface area contributed by atoms with E-state index in [1.54, 1.807) is 30.3 Å². The van der Waals surface area contributed by atoms with Crippen LogP contribution >= 0.6 is 24.0 Å². The smallest absolute Gasteiger partial charge is 0.387 e. The zero-order valence-electron chi connectivity index (χ0n) is 16.7. The van der Waals surface area contributed by atoms with E-state index in [1.165, 1.54) is 6.07 Å². The molecule has 0 bridgehead atoms. The number of nitrogens with zero attached hydrogens (tertiary/aromatic N) is 1. The monoisotopic (exact) mass is 532 g/mol. The largest absolute Gasteiger partial charge is 0.434 e. The van der Waals surface area contributed by atoms with Crippen LogP contribution in [-0.2, 0) is 6.54 Å². The summed E-state index contributed by atoms with van der Waals surface area (Å²) in [5, 5.41) is 9.13. The molecule has 164 valence electrons. The summed E-state index contributed by atoms with van der Waals surface area (Å²) in [6.45, 7) is 1.03. The highest BCUT2D eigenvalue weighted by Crippen LogP contribution is 2.20. The standard InChI is InChI=1S/C21H26F2N4O2.HI/c1-2-24-21(27-15-17-11-6-7-12-18(17)29-20(22)23)26-14-8-13-25-19(28)16-9-4-3-5-10-16;/h3-7,9-12,20H,2,8,13-15H2,1H3,(H,25,28)(H2,24,26,27);1H. The Morgan fingerprint density at radius 3 is 2.37 bits per heavy atom. The van der Waals surface area contributed by atoms with Crippen molar-refractivity contribution in [3.05, 3.63) is 65.7 Å². The first kappa shape index (κ1) is 25.6. The van der Waals surface area contributed by atoms with Gasteiger partial charge in [-0.25, -0.2) is 4.99 Å². The molecule has 0 radical (unpaired) electrons. The van der Waals surface area contributed by atoms with Gasteiger partial charge in [0.05, 0.1) is 6.54 Å². The van der Waals surface area contributed by atoms with Crippen LogP contribution in [0.25, 0.3) is 0 Å². The normalized spacial score (nSPS) is 10.9. The van der Waals surface area contributed by atoms with E-state index >= 15 is 0 Å². The maximum Gasteiger partial charge on any atom is 0.387 e. The van der Waals surface area contributed by atoms with Gasteiger partial charge in [-0.1, -0.05) is 36.4 Å². The highest BCUT2D eigenvalue weighted by Gasteiger charge is 2.09. The summed E-state index contributed by atoms with van der Waals surface area (Å²) in [5.41, 5.74) is 1.19. The first-order chi connectivity index (χ1) is 14.1. The van der Waals surface area contributed by atoms with Gasteiger partial charge in [0, 0.05) is 30.8 Å². The minimum absolute atomic E-state index is 0. The molecule has 0 aliphatic heterocycles. The lowest BCUT2D eigenvalue weighted by Gasteiger charge is -2.13. The molecule has 0 saturated heterocycles. The van der Waals surface area contributed by atoms with E-state index in [-0.39, 0.29) is 42.2 Å². The number of halogens is 3. The number of aliphatic imine (C=N–C) groups is 1. The predicted molar refractivity (Wildman–Crippen MR) is 125 cm³/mol. The summed E-state index contributed by atoms with van der Waals surface area (Å²) in [4.78, 5) is 16.4. The molecule has 0 aliphatic rings. The Morgan fingerprint density at radius 2 is 1.67 bits per heavy atom. The Morgan fingerprint density at radius 1 is 1.00 bits per heavy atom. The van der Waals surface area contributed by atoms with Gasteiger partial charge < -0.3 is 20.7 Å². The summed E-state index contributed by atoms with van der Waals surface area (Å²) in [7, 11) is 0. The molecule has 0 fully saturated rings. The highest BCUT2D eigenvalue weighted by atomic mass is 127. The van der Waals surface area contributed by atoms with Crippen molar-refractivity contribution in [2.45, 2.75) is 26.5 Å². The first-order valence-electron chi connectivity index (χ1n) is 9.48. The summed E-state index contributed by atoms with van der Waals surface area (Å²) >= 11 is 0. The molecule has 0 spiro atoms. The van der Waals surface area contributed by atoms with Crippen molar-refractivity contribution in [2.24, 2.45) is 4.99 Å². The fourth-order valence-electron chi connectivity index (χ4n) is 2.54. The molecule has 0 heterocycles. The van der Waals surface area contributed by atoms with E-state index in [9.17, 15) is 13.6 Å². The van der Waals surface area contributed by atoms with Crippen molar-refractivity contribution in [3.63, 3.8) is 0 Å². The third kappa shape index (κ3) is 9.38. The molecule has 1 amide bonds. The molecule has 3 N–H and O–H groups in total. The zero-order chi connectivity index (χ0) is 20.9. The van der Waals surface area contributed by atoms with Gasteiger partial charge in [-0.05, 0) is 31.5 Å². The molecule has 30 heavy (non-hydrogen) atoms. The van der Waals surface area contributed by atoms with E-state index < -0.39 is 6.61 Å². The van der Waals surface area contributed by atoms with Crippen molar-refractivity contribution in [1.82, 2.24) is 16.0 Å². The maximum atomic E-state index is 12.5. The van der Waals surface area contributed by atoms with Crippen molar-refractivity contribution in [1.29, 1.82) is 0 Å². The number of alkyl halides is 2. The molecule has 2 aromatic rings. The van der Waals surface area contributed by atoms with Crippen LogP contribution in [-0.4, -0.2) is 38.1 Å². The third-order valence-electron chi connectivity index (χ3n) is 3.91. The molecule has 0 atom stereocenters. The second-order valence-corrected chi connectivity index (χ2v) is 6.08. The van der Waals surface area contributed by atoms with Crippen LogP contribution in [0.1, 0.15) is 29.3 Å². The van der Waals surface area contributed by atoms with Gasteiger partial charge in [-0.3, -0.25) is 4.79 Å². The minimum atomic E-state index is -2.88. The number of para-hydroxylation sites is 1. The van der Waals surface area contributed by atoms with Gasteiger partial charge in [-0.15, -0.1) is 24.0 Å². The van der Waals surface area contributed by atoms with Crippen LogP contribution in [0, 0.1) is 0 Å². The molecule has 2 rings (SSSR count). The average Bonchev–Trinajstić information content (AvgIpc) is 2.72. The second kappa shape index (κ2) is 14.5. The number of ether oxygens (including phenoxy) is 1. The van der Waals surface area contributed by atoms with Gasteiger partial charge >= 0.3 is 6.61 Å². The number of rotatable bonds is 10. The van der Waals surface area contributed by atoms with Gasteiger partial charge in [0.25, 0.3) is 5.91 Å². The van der Waals surface area contributed by atoms with Gasteiger partial charge in [-0.2, -0.15) is 8.78 Å². The first-order valence-corrected chi connectivity index (χ1v) is 9.48. The van der Waals surface area contributed by atoms with Crippen molar-refractivity contribution in [3.8, 4) is 5.75 Å². The van der Waals surface area contributed by atoms with Gasteiger partial charge in [0.1, 0.15) is 5.75 Å². The summed E-state index contributed by atoms with van der Waals surface area (Å²) in [6, 6.07) is 15.6. The van der Waals surface area contributed by atoms with Crippen LogP contribution in [0.3, 0.4) is 0 Å². The van der Waals surface area contributed by atoms with E-state index in [2.05, 4.69) is 25.7 Å². The number of carbonyl (C=O) groups excluding carboxylic acids is 1. The van der Waals surface area contributed by atoms with Crippen LogP contribution in [0.2, 0.25) is 0 Å². The van der Waals surface area contributed by atoms with Crippen LogP contribution < -0.4 is 20.7 Å². The quantitative estimate of drug-likeness (QED) is 0.189. The summed E-state index contributed by atoms with van der Waals surface area (Å²) < 4.78 is 29.5.